The van der Waals surface area contributed by atoms with Crippen LogP contribution in [0.15, 0.2) is 42.5 Å². The van der Waals surface area contributed by atoms with Crippen LogP contribution in [0.2, 0.25) is 0 Å². The van der Waals surface area contributed by atoms with Crippen molar-refractivity contribution in [2.75, 3.05) is 16.8 Å². The average Bonchev–Trinajstić information content (AvgIpc) is 3.29. The number of aryl methyl sites for hydroxylation is 2. The van der Waals surface area contributed by atoms with Crippen molar-refractivity contribution < 1.29 is 18.0 Å². The normalized spacial score (nSPS) is 16.8. The van der Waals surface area contributed by atoms with Crippen LogP contribution in [-0.4, -0.2) is 28.0 Å². The Morgan fingerprint density at radius 3 is 2.58 bits per heavy atom. The molecule has 1 amide bonds. The standard InChI is InChI=1S/C23H25F3N4O/c1-15-4-3-13-30(15)22-28-19-11-10-18(14-20(19)29(22)2)27-21(31)12-7-16-5-8-17(9-6-16)23(24,25)26/h5-6,8-11,14-15H,3-4,7,12-13H2,1-2H3,(H,27,31). The van der Waals surface area contributed by atoms with E-state index < -0.39 is 11.7 Å². The van der Waals surface area contributed by atoms with Gasteiger partial charge >= 0.3 is 6.18 Å². The van der Waals surface area contributed by atoms with E-state index in [1.165, 1.54) is 12.1 Å². The number of carbonyl (C=O) groups is 1. The van der Waals surface area contributed by atoms with E-state index in [1.807, 2.05) is 25.2 Å². The molecular weight excluding hydrogens is 405 g/mol. The molecule has 5 nitrogen and oxygen atoms in total. The third-order valence-electron chi connectivity index (χ3n) is 5.87. The van der Waals surface area contributed by atoms with Crippen molar-refractivity contribution in [1.82, 2.24) is 9.55 Å². The molecule has 0 saturated carbocycles. The minimum Gasteiger partial charge on any atom is -0.340 e. The topological polar surface area (TPSA) is 50.2 Å². The number of imidazole rings is 1. The summed E-state index contributed by atoms with van der Waals surface area (Å²) in [5.41, 5.74) is 2.49. The lowest BCUT2D eigenvalue weighted by molar-refractivity contribution is -0.137. The minimum absolute atomic E-state index is 0.185. The summed E-state index contributed by atoms with van der Waals surface area (Å²) in [4.78, 5) is 19.4. The van der Waals surface area contributed by atoms with Gasteiger partial charge in [-0.1, -0.05) is 12.1 Å². The van der Waals surface area contributed by atoms with Gasteiger partial charge in [-0.2, -0.15) is 13.2 Å². The number of amides is 1. The molecule has 1 aliphatic heterocycles. The van der Waals surface area contributed by atoms with Crippen molar-refractivity contribution in [3.8, 4) is 0 Å². The Morgan fingerprint density at radius 2 is 1.94 bits per heavy atom. The lowest BCUT2D eigenvalue weighted by Gasteiger charge is -2.22. The monoisotopic (exact) mass is 430 g/mol. The van der Waals surface area contributed by atoms with E-state index in [0.29, 0.717) is 23.7 Å². The molecule has 0 spiro atoms. The third kappa shape index (κ3) is 4.52. The molecule has 1 unspecified atom stereocenters. The number of anilines is 2. The molecule has 1 aliphatic rings. The number of hydrogen-bond acceptors (Lipinski definition) is 3. The van der Waals surface area contributed by atoms with Gasteiger partial charge in [0.15, 0.2) is 0 Å². The molecule has 2 heterocycles. The minimum atomic E-state index is -4.35. The number of benzene rings is 2. The quantitative estimate of drug-likeness (QED) is 0.609. The first-order chi connectivity index (χ1) is 14.7. The van der Waals surface area contributed by atoms with E-state index in [1.54, 1.807) is 0 Å². The van der Waals surface area contributed by atoms with Crippen molar-refractivity contribution >= 4 is 28.6 Å². The van der Waals surface area contributed by atoms with Crippen LogP contribution in [0, 0.1) is 0 Å². The van der Waals surface area contributed by atoms with E-state index in [9.17, 15) is 18.0 Å². The molecule has 1 aromatic heterocycles. The molecule has 0 aliphatic carbocycles. The summed E-state index contributed by atoms with van der Waals surface area (Å²) in [5.74, 6) is 0.751. The smallest absolute Gasteiger partial charge is 0.340 e. The highest BCUT2D eigenvalue weighted by Crippen LogP contribution is 2.30. The fourth-order valence-electron chi connectivity index (χ4n) is 4.08. The third-order valence-corrected chi connectivity index (χ3v) is 5.87. The summed E-state index contributed by atoms with van der Waals surface area (Å²) < 4.78 is 40.0. The zero-order valence-electron chi connectivity index (χ0n) is 17.5. The molecule has 1 N–H and O–H groups in total. The SMILES string of the molecule is CC1CCCN1c1nc2ccc(NC(=O)CCc3ccc(C(F)(F)F)cc3)cc2n1C. The number of nitrogens with one attached hydrogen (secondary N) is 1. The largest absolute Gasteiger partial charge is 0.416 e. The van der Waals surface area contributed by atoms with Gasteiger partial charge in [0.05, 0.1) is 16.6 Å². The van der Waals surface area contributed by atoms with Gasteiger partial charge in [-0.15, -0.1) is 0 Å². The number of hydrogen-bond donors (Lipinski definition) is 1. The van der Waals surface area contributed by atoms with Crippen LogP contribution in [0.1, 0.15) is 37.3 Å². The Hall–Kier alpha value is -3.03. The Bertz CT molecular complexity index is 1090. The highest BCUT2D eigenvalue weighted by Gasteiger charge is 2.30. The van der Waals surface area contributed by atoms with Crippen molar-refractivity contribution in [2.24, 2.45) is 7.05 Å². The number of halogens is 3. The first-order valence-corrected chi connectivity index (χ1v) is 10.4. The van der Waals surface area contributed by atoms with Crippen LogP contribution >= 0.6 is 0 Å². The summed E-state index contributed by atoms with van der Waals surface area (Å²) in [6.07, 6.45) is -1.48. The summed E-state index contributed by atoms with van der Waals surface area (Å²) in [7, 11) is 1.98. The Labute approximate surface area is 178 Å². The van der Waals surface area contributed by atoms with E-state index in [4.69, 9.17) is 4.98 Å². The van der Waals surface area contributed by atoms with Gasteiger partial charge in [0.1, 0.15) is 0 Å². The molecule has 31 heavy (non-hydrogen) atoms. The van der Waals surface area contributed by atoms with Gasteiger partial charge in [0, 0.05) is 31.7 Å². The second-order valence-corrected chi connectivity index (χ2v) is 8.10. The van der Waals surface area contributed by atoms with E-state index in [0.717, 1.165) is 48.5 Å². The fourth-order valence-corrected chi connectivity index (χ4v) is 4.08. The van der Waals surface area contributed by atoms with Gasteiger partial charge in [-0.25, -0.2) is 4.98 Å². The van der Waals surface area contributed by atoms with Crippen molar-refractivity contribution in [3.63, 3.8) is 0 Å². The predicted molar refractivity (Wildman–Crippen MR) is 115 cm³/mol. The Morgan fingerprint density at radius 1 is 1.19 bits per heavy atom. The first-order valence-electron chi connectivity index (χ1n) is 10.4. The maximum Gasteiger partial charge on any atom is 0.416 e. The van der Waals surface area contributed by atoms with Crippen molar-refractivity contribution in [1.29, 1.82) is 0 Å². The maximum atomic E-state index is 12.7. The molecular formula is C23H25F3N4O. The van der Waals surface area contributed by atoms with Crippen LogP contribution in [-0.2, 0) is 24.4 Å². The van der Waals surface area contributed by atoms with Crippen molar-refractivity contribution in [2.45, 2.75) is 44.8 Å². The van der Waals surface area contributed by atoms with Crippen molar-refractivity contribution in [3.05, 3.63) is 53.6 Å². The van der Waals surface area contributed by atoms with Crippen LogP contribution in [0.3, 0.4) is 0 Å². The molecule has 2 aromatic carbocycles. The number of nitrogens with zero attached hydrogens (tertiary/aromatic N) is 3. The van der Waals surface area contributed by atoms with Gasteiger partial charge in [0.2, 0.25) is 11.9 Å². The van der Waals surface area contributed by atoms with Crippen LogP contribution < -0.4 is 10.2 Å². The average molecular weight is 430 g/mol. The van der Waals surface area contributed by atoms with Gasteiger partial charge in [0.25, 0.3) is 0 Å². The van der Waals surface area contributed by atoms with E-state index in [2.05, 4.69) is 21.7 Å². The molecule has 0 bridgehead atoms. The lowest BCUT2D eigenvalue weighted by atomic mass is 10.1. The summed E-state index contributed by atoms with van der Waals surface area (Å²) in [5, 5.41) is 2.88. The number of fused-ring (bicyclic) bond motifs is 1. The van der Waals surface area contributed by atoms with Gasteiger partial charge < -0.3 is 14.8 Å². The molecule has 1 saturated heterocycles. The molecule has 0 radical (unpaired) electrons. The number of alkyl halides is 3. The number of rotatable bonds is 5. The number of aromatic nitrogens is 2. The number of carbonyl (C=O) groups excluding carboxylic acids is 1. The highest BCUT2D eigenvalue weighted by molar-refractivity contribution is 5.93. The van der Waals surface area contributed by atoms with Gasteiger partial charge in [-0.3, -0.25) is 4.79 Å². The molecule has 8 heteroatoms. The van der Waals surface area contributed by atoms with Gasteiger partial charge in [-0.05, 0) is 62.1 Å². The molecule has 3 aromatic rings. The first kappa shape index (κ1) is 21.2. The molecule has 1 atom stereocenters. The highest BCUT2D eigenvalue weighted by atomic mass is 19.4. The van der Waals surface area contributed by atoms with Crippen LogP contribution in [0.5, 0.6) is 0 Å². The second-order valence-electron chi connectivity index (χ2n) is 8.10. The summed E-state index contributed by atoms with van der Waals surface area (Å²) >= 11 is 0. The lowest BCUT2D eigenvalue weighted by Crippen LogP contribution is -2.28. The summed E-state index contributed by atoms with van der Waals surface area (Å²) in [6, 6.07) is 11.0. The summed E-state index contributed by atoms with van der Waals surface area (Å²) in [6.45, 7) is 3.19. The Balaban J connectivity index is 1.41. The maximum absolute atomic E-state index is 12.7. The molecule has 4 rings (SSSR count). The zero-order valence-corrected chi connectivity index (χ0v) is 17.5. The second kappa shape index (κ2) is 8.24. The fraction of sp³-hybridized carbons (Fsp3) is 0.391. The van der Waals surface area contributed by atoms with E-state index >= 15 is 0 Å². The van der Waals surface area contributed by atoms with Crippen LogP contribution in [0.25, 0.3) is 11.0 Å². The van der Waals surface area contributed by atoms with E-state index in [-0.39, 0.29) is 12.3 Å². The molecule has 164 valence electrons. The van der Waals surface area contributed by atoms with Crippen LogP contribution in [0.4, 0.5) is 24.8 Å². The predicted octanol–water partition coefficient (Wildman–Crippen LogP) is 5.15. The Kier molecular flexibility index (Phi) is 5.64. The zero-order chi connectivity index (χ0) is 22.2. The molecule has 1 fully saturated rings.